The maximum absolute atomic E-state index is 12.0. The molecule has 1 rings (SSSR count). The van der Waals surface area contributed by atoms with E-state index < -0.39 is 0 Å². The van der Waals surface area contributed by atoms with Gasteiger partial charge in [0.05, 0.1) is 6.07 Å². The summed E-state index contributed by atoms with van der Waals surface area (Å²) in [7, 11) is 1.89. The van der Waals surface area contributed by atoms with Gasteiger partial charge in [-0.2, -0.15) is 5.26 Å². The van der Waals surface area contributed by atoms with Gasteiger partial charge in [-0.15, -0.1) is 0 Å². The molecule has 96 valence electrons. The summed E-state index contributed by atoms with van der Waals surface area (Å²) in [6.45, 7) is 1.39. The standard InChI is InChI=1S/C14H19N3O/c1-16-11-8-12-6-2-3-7-13(12)14(18)17-10-5-4-9-15/h2-3,6-7,16H,4-5,8,10-11H2,1H3,(H,17,18). The van der Waals surface area contributed by atoms with Crippen LogP contribution in [-0.2, 0) is 6.42 Å². The molecule has 0 fully saturated rings. The van der Waals surface area contributed by atoms with E-state index >= 15 is 0 Å². The lowest BCUT2D eigenvalue weighted by atomic mass is 10.0. The van der Waals surface area contributed by atoms with Crippen molar-refractivity contribution in [3.63, 3.8) is 0 Å². The van der Waals surface area contributed by atoms with E-state index in [0.717, 1.165) is 24.1 Å². The number of hydrogen-bond donors (Lipinski definition) is 2. The zero-order valence-electron chi connectivity index (χ0n) is 10.7. The van der Waals surface area contributed by atoms with Gasteiger partial charge in [0.25, 0.3) is 5.91 Å². The fourth-order valence-electron chi connectivity index (χ4n) is 1.68. The Morgan fingerprint density at radius 3 is 2.83 bits per heavy atom. The third-order valence-electron chi connectivity index (χ3n) is 2.66. The smallest absolute Gasteiger partial charge is 0.251 e. The number of carbonyl (C=O) groups excluding carboxylic acids is 1. The van der Waals surface area contributed by atoms with Crippen molar-refractivity contribution in [2.24, 2.45) is 0 Å². The maximum Gasteiger partial charge on any atom is 0.251 e. The highest BCUT2D eigenvalue weighted by Gasteiger charge is 2.09. The maximum atomic E-state index is 12.0. The van der Waals surface area contributed by atoms with Crippen LogP contribution in [0.15, 0.2) is 24.3 Å². The minimum atomic E-state index is -0.0559. The van der Waals surface area contributed by atoms with Crippen molar-refractivity contribution in [3.8, 4) is 6.07 Å². The van der Waals surface area contributed by atoms with E-state index in [1.54, 1.807) is 0 Å². The van der Waals surface area contributed by atoms with E-state index in [1.807, 2.05) is 31.3 Å². The van der Waals surface area contributed by atoms with Crippen LogP contribution in [0.1, 0.15) is 28.8 Å². The van der Waals surface area contributed by atoms with Crippen molar-refractivity contribution in [1.82, 2.24) is 10.6 Å². The van der Waals surface area contributed by atoms with E-state index in [9.17, 15) is 4.79 Å². The zero-order valence-corrected chi connectivity index (χ0v) is 10.7. The molecule has 0 aromatic heterocycles. The molecular formula is C14H19N3O. The second-order valence-electron chi connectivity index (χ2n) is 4.03. The highest BCUT2D eigenvalue weighted by atomic mass is 16.1. The van der Waals surface area contributed by atoms with Gasteiger partial charge in [0.1, 0.15) is 0 Å². The first kappa shape index (κ1) is 14.2. The number of unbranched alkanes of at least 4 members (excludes halogenated alkanes) is 1. The zero-order chi connectivity index (χ0) is 13.2. The Morgan fingerprint density at radius 2 is 2.11 bits per heavy atom. The van der Waals surface area contributed by atoms with E-state index in [2.05, 4.69) is 16.7 Å². The highest BCUT2D eigenvalue weighted by molar-refractivity contribution is 5.95. The molecule has 4 nitrogen and oxygen atoms in total. The molecule has 1 aromatic rings. The second kappa shape index (κ2) is 8.26. The number of likely N-dealkylation sites (N-methyl/N-ethyl adjacent to an activating group) is 1. The summed E-state index contributed by atoms with van der Waals surface area (Å²) in [5.74, 6) is -0.0559. The van der Waals surface area contributed by atoms with Gasteiger partial charge in [-0.1, -0.05) is 18.2 Å². The first-order valence-electron chi connectivity index (χ1n) is 6.17. The second-order valence-corrected chi connectivity index (χ2v) is 4.03. The van der Waals surface area contributed by atoms with E-state index in [0.29, 0.717) is 19.4 Å². The minimum Gasteiger partial charge on any atom is -0.352 e. The molecule has 0 heterocycles. The monoisotopic (exact) mass is 245 g/mol. The molecule has 0 aliphatic rings. The van der Waals surface area contributed by atoms with Gasteiger partial charge in [-0.25, -0.2) is 0 Å². The Labute approximate surface area is 108 Å². The lowest BCUT2D eigenvalue weighted by Crippen LogP contribution is -2.26. The molecule has 0 aliphatic carbocycles. The van der Waals surface area contributed by atoms with Crippen molar-refractivity contribution >= 4 is 5.91 Å². The molecule has 2 N–H and O–H groups in total. The van der Waals surface area contributed by atoms with Crippen molar-refractivity contribution in [2.45, 2.75) is 19.3 Å². The first-order valence-corrected chi connectivity index (χ1v) is 6.17. The lowest BCUT2D eigenvalue weighted by molar-refractivity contribution is 0.0952. The molecule has 0 aliphatic heterocycles. The number of benzene rings is 1. The molecule has 0 bridgehead atoms. The molecule has 0 spiro atoms. The number of nitrogens with one attached hydrogen (secondary N) is 2. The van der Waals surface area contributed by atoms with Gasteiger partial charge >= 0.3 is 0 Å². The Hall–Kier alpha value is -1.86. The van der Waals surface area contributed by atoms with Crippen LogP contribution in [0, 0.1) is 11.3 Å². The van der Waals surface area contributed by atoms with Gasteiger partial charge in [-0.05, 0) is 38.1 Å². The number of amides is 1. The van der Waals surface area contributed by atoms with Crippen LogP contribution in [0.3, 0.4) is 0 Å². The van der Waals surface area contributed by atoms with Gasteiger partial charge < -0.3 is 10.6 Å². The number of hydrogen-bond acceptors (Lipinski definition) is 3. The molecule has 0 saturated carbocycles. The van der Waals surface area contributed by atoms with E-state index in [4.69, 9.17) is 5.26 Å². The lowest BCUT2D eigenvalue weighted by Gasteiger charge is -2.09. The summed E-state index contributed by atoms with van der Waals surface area (Å²) in [6.07, 6.45) is 2.00. The summed E-state index contributed by atoms with van der Waals surface area (Å²) in [6, 6.07) is 9.68. The molecule has 0 saturated heterocycles. The first-order chi connectivity index (χ1) is 8.79. The predicted molar refractivity (Wildman–Crippen MR) is 71.3 cm³/mol. The normalized spacial score (nSPS) is 9.78. The van der Waals surface area contributed by atoms with Crippen LogP contribution >= 0.6 is 0 Å². The summed E-state index contributed by atoms with van der Waals surface area (Å²) in [5, 5.41) is 14.3. The molecule has 18 heavy (non-hydrogen) atoms. The Bertz CT molecular complexity index is 423. The summed E-state index contributed by atoms with van der Waals surface area (Å²) in [5.41, 5.74) is 1.77. The molecule has 0 atom stereocenters. The van der Waals surface area contributed by atoms with Crippen molar-refractivity contribution in [1.29, 1.82) is 5.26 Å². The van der Waals surface area contributed by atoms with Gasteiger partial charge in [0, 0.05) is 18.5 Å². The van der Waals surface area contributed by atoms with Crippen LogP contribution in [0.2, 0.25) is 0 Å². The fourth-order valence-corrected chi connectivity index (χ4v) is 1.68. The highest BCUT2D eigenvalue weighted by Crippen LogP contribution is 2.09. The van der Waals surface area contributed by atoms with Crippen molar-refractivity contribution < 1.29 is 4.79 Å². The molecule has 1 aromatic carbocycles. The number of nitrogens with zero attached hydrogens (tertiary/aromatic N) is 1. The average Bonchev–Trinajstić information content (AvgIpc) is 2.41. The van der Waals surface area contributed by atoms with Crippen LogP contribution in [-0.4, -0.2) is 26.0 Å². The Balaban J connectivity index is 2.58. The Morgan fingerprint density at radius 1 is 1.33 bits per heavy atom. The largest absolute Gasteiger partial charge is 0.352 e. The summed E-state index contributed by atoms with van der Waals surface area (Å²) < 4.78 is 0. The number of rotatable bonds is 7. The molecular weight excluding hydrogens is 226 g/mol. The predicted octanol–water partition coefficient (Wildman–Crippen LogP) is 1.48. The summed E-state index contributed by atoms with van der Waals surface area (Å²) >= 11 is 0. The molecule has 0 radical (unpaired) electrons. The third-order valence-corrected chi connectivity index (χ3v) is 2.66. The SMILES string of the molecule is CNCCc1ccccc1C(=O)NCCCC#N. The molecule has 1 amide bonds. The fraction of sp³-hybridized carbons (Fsp3) is 0.429. The minimum absolute atomic E-state index is 0.0559. The van der Waals surface area contributed by atoms with Crippen LogP contribution in [0.25, 0.3) is 0 Å². The van der Waals surface area contributed by atoms with Crippen LogP contribution < -0.4 is 10.6 Å². The Kier molecular flexibility index (Phi) is 6.52. The van der Waals surface area contributed by atoms with Crippen molar-refractivity contribution in [2.75, 3.05) is 20.1 Å². The summed E-state index contributed by atoms with van der Waals surface area (Å²) in [4.78, 5) is 12.0. The van der Waals surface area contributed by atoms with E-state index in [1.165, 1.54) is 0 Å². The topological polar surface area (TPSA) is 64.9 Å². The van der Waals surface area contributed by atoms with Crippen molar-refractivity contribution in [3.05, 3.63) is 35.4 Å². The van der Waals surface area contributed by atoms with Crippen LogP contribution in [0.4, 0.5) is 0 Å². The van der Waals surface area contributed by atoms with Gasteiger partial charge in [0.15, 0.2) is 0 Å². The molecule has 0 unspecified atom stereocenters. The van der Waals surface area contributed by atoms with Gasteiger partial charge in [-0.3, -0.25) is 4.79 Å². The number of carbonyl (C=O) groups is 1. The third kappa shape index (κ3) is 4.56. The van der Waals surface area contributed by atoms with Gasteiger partial charge in [0.2, 0.25) is 0 Å². The van der Waals surface area contributed by atoms with E-state index in [-0.39, 0.29) is 5.91 Å². The molecule has 4 heteroatoms. The quantitative estimate of drug-likeness (QED) is 0.715. The van der Waals surface area contributed by atoms with Crippen LogP contribution in [0.5, 0.6) is 0 Å². The average molecular weight is 245 g/mol. The number of nitriles is 1.